The molecule has 2 N–H and O–H groups in total. The lowest BCUT2D eigenvalue weighted by Gasteiger charge is -2.20. The number of aromatic nitrogens is 2. The fraction of sp³-hybridized carbons (Fsp3) is 0.389. The molecule has 3 aromatic rings. The fourth-order valence-corrected chi connectivity index (χ4v) is 2.72. The third-order valence-corrected chi connectivity index (χ3v) is 4.35. The van der Waals surface area contributed by atoms with Gasteiger partial charge < -0.3 is 14.8 Å². The van der Waals surface area contributed by atoms with Crippen molar-refractivity contribution < 1.29 is 14.3 Å². The normalized spacial score (nSPS) is 14.0. The molecule has 6 heteroatoms. The predicted molar refractivity (Wildman–Crippen MR) is 93.2 cm³/mol. The monoisotopic (exact) mass is 327 g/mol. The molecule has 24 heavy (non-hydrogen) atoms. The van der Waals surface area contributed by atoms with E-state index >= 15 is 0 Å². The molecule has 0 aliphatic rings. The summed E-state index contributed by atoms with van der Waals surface area (Å²) in [6.07, 6.45) is 1.41. The number of carbonyl (C=O) groups is 1. The van der Waals surface area contributed by atoms with Gasteiger partial charge in [0.05, 0.1) is 0 Å². The maximum atomic E-state index is 11.6. The van der Waals surface area contributed by atoms with Crippen molar-refractivity contribution in [3.05, 3.63) is 30.1 Å². The molecule has 0 radical (unpaired) electrons. The highest BCUT2D eigenvalue weighted by Gasteiger charge is 2.26. The molecular formula is C18H21N3O3. The van der Waals surface area contributed by atoms with Gasteiger partial charge in [-0.05, 0) is 18.1 Å². The van der Waals surface area contributed by atoms with Crippen molar-refractivity contribution in [3.63, 3.8) is 0 Å². The maximum absolute atomic E-state index is 11.6. The van der Waals surface area contributed by atoms with Gasteiger partial charge in [0.25, 0.3) is 0 Å². The lowest BCUT2D eigenvalue weighted by molar-refractivity contribution is -0.139. The van der Waals surface area contributed by atoms with Crippen LogP contribution in [-0.2, 0) is 11.2 Å². The largest absolute Gasteiger partial charge is 0.480 e. The first-order valence-electron chi connectivity index (χ1n) is 8.22. The number of benzene rings is 1. The minimum Gasteiger partial charge on any atom is -0.480 e. The Bertz CT molecular complexity index is 888. The molecule has 1 aromatic carbocycles. The second-order valence-electron chi connectivity index (χ2n) is 5.96. The highest BCUT2D eigenvalue weighted by molar-refractivity contribution is 6.05. The van der Waals surface area contributed by atoms with Crippen LogP contribution in [0.3, 0.4) is 0 Å². The van der Waals surface area contributed by atoms with E-state index in [0.29, 0.717) is 34.7 Å². The van der Waals surface area contributed by atoms with Gasteiger partial charge in [0.15, 0.2) is 11.4 Å². The Morgan fingerprint density at radius 1 is 1.29 bits per heavy atom. The molecule has 6 nitrogen and oxygen atoms in total. The molecule has 2 heterocycles. The van der Waals surface area contributed by atoms with Crippen LogP contribution in [0.4, 0.5) is 5.82 Å². The van der Waals surface area contributed by atoms with Gasteiger partial charge in [0.1, 0.15) is 23.0 Å². The molecule has 0 fully saturated rings. The number of nitrogens with one attached hydrogen (secondary N) is 1. The van der Waals surface area contributed by atoms with Gasteiger partial charge in [-0.1, -0.05) is 39.3 Å². The van der Waals surface area contributed by atoms with E-state index in [1.54, 1.807) is 0 Å². The van der Waals surface area contributed by atoms with Crippen LogP contribution >= 0.6 is 0 Å². The highest BCUT2D eigenvalue weighted by atomic mass is 16.4. The summed E-state index contributed by atoms with van der Waals surface area (Å²) < 4.78 is 5.90. The van der Waals surface area contributed by atoms with Crippen LogP contribution in [0.2, 0.25) is 0 Å². The number of anilines is 1. The van der Waals surface area contributed by atoms with Crippen molar-refractivity contribution in [1.82, 2.24) is 9.97 Å². The Morgan fingerprint density at radius 2 is 2.04 bits per heavy atom. The van der Waals surface area contributed by atoms with Crippen molar-refractivity contribution in [3.8, 4) is 0 Å². The van der Waals surface area contributed by atoms with Crippen molar-refractivity contribution in [2.24, 2.45) is 5.92 Å². The Morgan fingerprint density at radius 3 is 2.71 bits per heavy atom. The second-order valence-corrected chi connectivity index (χ2v) is 5.96. The summed E-state index contributed by atoms with van der Waals surface area (Å²) in [5, 5.41) is 13.5. The van der Waals surface area contributed by atoms with Crippen LogP contribution < -0.4 is 5.32 Å². The molecule has 0 aliphatic carbocycles. The molecule has 2 aromatic heterocycles. The Hall–Kier alpha value is -2.63. The molecule has 0 aliphatic heterocycles. The second kappa shape index (κ2) is 6.47. The van der Waals surface area contributed by atoms with Crippen LogP contribution in [-0.4, -0.2) is 27.1 Å². The molecular weight excluding hydrogens is 306 g/mol. The number of hydrogen-bond donors (Lipinski definition) is 2. The van der Waals surface area contributed by atoms with E-state index in [2.05, 4.69) is 15.3 Å². The van der Waals surface area contributed by atoms with Gasteiger partial charge in [-0.3, -0.25) is 0 Å². The van der Waals surface area contributed by atoms with Gasteiger partial charge in [-0.25, -0.2) is 14.8 Å². The van der Waals surface area contributed by atoms with E-state index in [1.807, 2.05) is 45.0 Å². The van der Waals surface area contributed by atoms with Crippen molar-refractivity contribution >= 4 is 33.9 Å². The summed E-state index contributed by atoms with van der Waals surface area (Å²) in [6, 6.07) is 6.91. The van der Waals surface area contributed by atoms with Crippen molar-refractivity contribution in [2.45, 2.75) is 39.7 Å². The maximum Gasteiger partial charge on any atom is 0.326 e. The summed E-state index contributed by atoms with van der Waals surface area (Å²) in [7, 11) is 0. The molecule has 0 saturated heterocycles. The number of nitrogens with zero attached hydrogens (tertiary/aromatic N) is 2. The molecule has 126 valence electrons. The lowest BCUT2D eigenvalue weighted by Crippen LogP contribution is -2.35. The van der Waals surface area contributed by atoms with Crippen LogP contribution in [0.1, 0.15) is 33.0 Å². The van der Waals surface area contributed by atoms with Crippen LogP contribution in [0.25, 0.3) is 22.1 Å². The molecule has 0 saturated carbocycles. The van der Waals surface area contributed by atoms with E-state index in [1.165, 1.54) is 0 Å². The minimum atomic E-state index is -0.898. The number of aliphatic carboxylic acids is 1. The number of para-hydroxylation sites is 1. The van der Waals surface area contributed by atoms with Gasteiger partial charge in [0, 0.05) is 11.8 Å². The Balaban J connectivity index is 2.17. The Labute approximate surface area is 139 Å². The molecule has 0 spiro atoms. The number of aryl methyl sites for hydroxylation is 1. The lowest BCUT2D eigenvalue weighted by atomic mass is 9.99. The van der Waals surface area contributed by atoms with E-state index < -0.39 is 12.0 Å². The standard InChI is InChI=1S/C18H21N3O3/c1-4-10(3)14(18(22)23)21-17-16-15(19-13(5-2)20-17)11-8-6-7-9-12(11)24-16/h6-10,14H,4-5H2,1-3H3,(H,22,23)(H,19,20,21). The zero-order chi connectivity index (χ0) is 17.3. The van der Waals surface area contributed by atoms with Crippen molar-refractivity contribution in [1.29, 1.82) is 0 Å². The predicted octanol–water partition coefficient (Wildman–Crippen LogP) is 3.85. The number of hydrogen-bond acceptors (Lipinski definition) is 5. The molecule has 2 atom stereocenters. The average Bonchev–Trinajstić information content (AvgIpc) is 2.97. The smallest absolute Gasteiger partial charge is 0.326 e. The third kappa shape index (κ3) is 2.79. The summed E-state index contributed by atoms with van der Waals surface area (Å²) in [5.74, 6) is 0.165. The van der Waals surface area contributed by atoms with E-state index in [9.17, 15) is 9.90 Å². The van der Waals surface area contributed by atoms with E-state index in [0.717, 1.165) is 11.8 Å². The first-order chi connectivity index (χ1) is 11.5. The Kier molecular flexibility index (Phi) is 4.38. The van der Waals surface area contributed by atoms with E-state index in [-0.39, 0.29) is 5.92 Å². The minimum absolute atomic E-state index is 0.0398. The van der Waals surface area contributed by atoms with Gasteiger partial charge in [0.2, 0.25) is 0 Å². The molecule has 0 amide bonds. The number of rotatable bonds is 6. The molecule has 2 unspecified atom stereocenters. The molecule has 3 rings (SSSR count). The van der Waals surface area contributed by atoms with E-state index in [4.69, 9.17) is 4.42 Å². The average molecular weight is 327 g/mol. The summed E-state index contributed by atoms with van der Waals surface area (Å²) >= 11 is 0. The first-order valence-corrected chi connectivity index (χ1v) is 8.22. The number of fused-ring (bicyclic) bond motifs is 3. The van der Waals surface area contributed by atoms with Crippen LogP contribution in [0.5, 0.6) is 0 Å². The summed E-state index contributed by atoms with van der Waals surface area (Å²) in [6.45, 7) is 5.84. The number of furan rings is 1. The summed E-state index contributed by atoms with van der Waals surface area (Å²) in [5.41, 5.74) is 1.93. The zero-order valence-corrected chi connectivity index (χ0v) is 14.0. The summed E-state index contributed by atoms with van der Waals surface area (Å²) in [4.78, 5) is 20.7. The van der Waals surface area contributed by atoms with Crippen molar-refractivity contribution in [2.75, 3.05) is 5.32 Å². The van der Waals surface area contributed by atoms with Gasteiger partial charge >= 0.3 is 5.97 Å². The fourth-order valence-electron chi connectivity index (χ4n) is 2.72. The number of carboxylic acid groups (broad SMARTS) is 1. The number of carboxylic acids is 1. The quantitative estimate of drug-likeness (QED) is 0.715. The molecule has 0 bridgehead atoms. The topological polar surface area (TPSA) is 88.2 Å². The zero-order valence-electron chi connectivity index (χ0n) is 14.0. The highest BCUT2D eigenvalue weighted by Crippen LogP contribution is 2.32. The first kappa shape index (κ1) is 16.2. The van der Waals surface area contributed by atoms with Crippen LogP contribution in [0, 0.1) is 5.92 Å². The van der Waals surface area contributed by atoms with Gasteiger partial charge in [-0.15, -0.1) is 0 Å². The third-order valence-electron chi connectivity index (χ3n) is 4.35. The SMILES string of the molecule is CCc1nc(NC(C(=O)O)C(C)CC)c2oc3ccccc3c2n1. The van der Waals surface area contributed by atoms with Crippen LogP contribution in [0.15, 0.2) is 28.7 Å². The van der Waals surface area contributed by atoms with Gasteiger partial charge in [-0.2, -0.15) is 0 Å².